The van der Waals surface area contributed by atoms with E-state index in [0.29, 0.717) is 18.7 Å². The van der Waals surface area contributed by atoms with Gasteiger partial charge in [0.25, 0.3) is 5.91 Å². The predicted octanol–water partition coefficient (Wildman–Crippen LogP) is 4.98. The molecule has 0 aliphatic carbocycles. The zero-order chi connectivity index (χ0) is 19.5. The number of imidazole rings is 1. The molecule has 0 bridgehead atoms. The van der Waals surface area contributed by atoms with E-state index in [2.05, 4.69) is 9.88 Å². The number of para-hydroxylation sites is 2. The van der Waals surface area contributed by atoms with Crippen molar-refractivity contribution in [3.05, 3.63) is 100 Å². The highest BCUT2D eigenvalue weighted by molar-refractivity contribution is 6.31. The van der Waals surface area contributed by atoms with Crippen LogP contribution in [0.25, 0.3) is 11.0 Å². The monoisotopic (exact) mass is 389 g/mol. The Morgan fingerprint density at radius 1 is 1.00 bits per heavy atom. The van der Waals surface area contributed by atoms with Crippen LogP contribution in [0.3, 0.4) is 0 Å². The molecule has 1 aromatic heterocycles. The molecule has 1 N–H and O–H groups in total. The molecule has 28 heavy (non-hydrogen) atoms. The Morgan fingerprint density at radius 2 is 1.71 bits per heavy atom. The van der Waals surface area contributed by atoms with E-state index >= 15 is 0 Å². The Morgan fingerprint density at radius 3 is 2.50 bits per heavy atom. The molecule has 0 aliphatic heterocycles. The highest BCUT2D eigenvalue weighted by Crippen LogP contribution is 2.22. The summed E-state index contributed by atoms with van der Waals surface area (Å²) in [7, 11) is 0. The van der Waals surface area contributed by atoms with Gasteiger partial charge in [0.1, 0.15) is 5.82 Å². The molecule has 0 fully saturated rings. The topological polar surface area (TPSA) is 46.9 Å². The van der Waals surface area contributed by atoms with E-state index < -0.39 is 0 Å². The number of amides is 1. The van der Waals surface area contributed by atoms with E-state index in [9.17, 15) is 4.79 Å². The number of aryl methyl sites for hydroxylation is 1. The number of carbonyl (C=O) groups excluding carboxylic acids is 1. The molecule has 0 aliphatic rings. The number of carbonyl (C=O) groups is 1. The summed E-state index contributed by atoms with van der Waals surface area (Å²) in [5.41, 5.74) is 4.69. The summed E-state index contributed by atoms with van der Waals surface area (Å²) in [6.45, 7) is 2.93. The molecule has 0 saturated heterocycles. The average Bonchev–Trinajstić information content (AvgIpc) is 3.06. The van der Waals surface area contributed by atoms with Crippen LogP contribution in [0.5, 0.6) is 0 Å². The van der Waals surface area contributed by atoms with Crippen molar-refractivity contribution < 1.29 is 4.79 Å². The standard InChI is InChI=1S/C23H20ClN3O/c1-16-10-12-17(13-11-16)23(28)25-14-22-26-20-8-4-5-9-21(20)27(22)15-18-6-2-3-7-19(18)24/h2-13H,14-15H2,1H3,(H,25,28). The molecule has 0 radical (unpaired) electrons. The molecule has 0 atom stereocenters. The molecule has 0 saturated carbocycles. The van der Waals surface area contributed by atoms with Crippen molar-refractivity contribution in [2.45, 2.75) is 20.0 Å². The van der Waals surface area contributed by atoms with Gasteiger partial charge < -0.3 is 9.88 Å². The molecular weight excluding hydrogens is 370 g/mol. The lowest BCUT2D eigenvalue weighted by Crippen LogP contribution is -2.24. The van der Waals surface area contributed by atoms with Crippen molar-refractivity contribution in [2.24, 2.45) is 0 Å². The Balaban J connectivity index is 1.62. The molecule has 3 aromatic carbocycles. The van der Waals surface area contributed by atoms with Crippen LogP contribution >= 0.6 is 11.6 Å². The fourth-order valence-electron chi connectivity index (χ4n) is 3.20. The van der Waals surface area contributed by atoms with Crippen molar-refractivity contribution in [1.29, 1.82) is 0 Å². The quantitative estimate of drug-likeness (QED) is 0.523. The van der Waals surface area contributed by atoms with Crippen LogP contribution in [0.4, 0.5) is 0 Å². The minimum Gasteiger partial charge on any atom is -0.345 e. The molecule has 0 spiro atoms. The molecule has 5 heteroatoms. The Bertz CT molecular complexity index is 1130. The van der Waals surface area contributed by atoms with E-state index in [1.807, 2.05) is 79.7 Å². The fraction of sp³-hybridized carbons (Fsp3) is 0.130. The summed E-state index contributed by atoms with van der Waals surface area (Å²) in [6.07, 6.45) is 0. The first-order valence-electron chi connectivity index (χ1n) is 9.14. The van der Waals surface area contributed by atoms with E-state index in [1.165, 1.54) is 0 Å². The highest BCUT2D eigenvalue weighted by atomic mass is 35.5. The highest BCUT2D eigenvalue weighted by Gasteiger charge is 2.13. The SMILES string of the molecule is Cc1ccc(C(=O)NCc2nc3ccccc3n2Cc2ccccc2Cl)cc1. The largest absolute Gasteiger partial charge is 0.345 e. The van der Waals surface area contributed by atoms with Crippen molar-refractivity contribution >= 4 is 28.5 Å². The molecule has 140 valence electrons. The second kappa shape index (κ2) is 7.87. The minimum absolute atomic E-state index is 0.114. The molecule has 4 nitrogen and oxygen atoms in total. The van der Waals surface area contributed by atoms with Gasteiger partial charge in [0.15, 0.2) is 0 Å². The minimum atomic E-state index is -0.114. The van der Waals surface area contributed by atoms with Gasteiger partial charge in [-0.1, -0.05) is 59.6 Å². The molecule has 4 rings (SSSR count). The second-order valence-electron chi connectivity index (χ2n) is 6.74. The Kier molecular flexibility index (Phi) is 5.13. The first-order chi connectivity index (χ1) is 13.6. The summed E-state index contributed by atoms with van der Waals surface area (Å²) in [4.78, 5) is 17.2. The summed E-state index contributed by atoms with van der Waals surface area (Å²) in [5.74, 6) is 0.679. The molecule has 1 amide bonds. The number of aromatic nitrogens is 2. The van der Waals surface area contributed by atoms with E-state index in [4.69, 9.17) is 16.6 Å². The first-order valence-corrected chi connectivity index (χ1v) is 9.52. The summed E-state index contributed by atoms with van der Waals surface area (Å²) in [5, 5.41) is 3.70. The number of fused-ring (bicyclic) bond motifs is 1. The van der Waals surface area contributed by atoms with Crippen LogP contribution < -0.4 is 5.32 Å². The third kappa shape index (κ3) is 3.78. The first kappa shape index (κ1) is 18.3. The van der Waals surface area contributed by atoms with E-state index in [-0.39, 0.29) is 5.91 Å². The average molecular weight is 390 g/mol. The van der Waals surface area contributed by atoms with Gasteiger partial charge >= 0.3 is 0 Å². The van der Waals surface area contributed by atoms with Crippen molar-refractivity contribution in [1.82, 2.24) is 14.9 Å². The summed E-state index contributed by atoms with van der Waals surface area (Å²) >= 11 is 6.36. The second-order valence-corrected chi connectivity index (χ2v) is 7.15. The number of hydrogen-bond donors (Lipinski definition) is 1. The third-order valence-electron chi connectivity index (χ3n) is 4.74. The molecule has 4 aromatic rings. The van der Waals surface area contributed by atoms with Crippen LogP contribution in [0, 0.1) is 6.92 Å². The molecule has 1 heterocycles. The van der Waals surface area contributed by atoms with Crippen LogP contribution in [0.15, 0.2) is 72.8 Å². The number of nitrogens with zero attached hydrogens (tertiary/aromatic N) is 2. The van der Waals surface area contributed by atoms with Crippen LogP contribution in [0.1, 0.15) is 27.3 Å². The van der Waals surface area contributed by atoms with E-state index in [1.54, 1.807) is 0 Å². The maximum Gasteiger partial charge on any atom is 0.251 e. The number of halogens is 1. The van der Waals surface area contributed by atoms with Crippen LogP contribution in [-0.4, -0.2) is 15.5 Å². The lowest BCUT2D eigenvalue weighted by molar-refractivity contribution is 0.0949. The third-order valence-corrected chi connectivity index (χ3v) is 5.11. The lowest BCUT2D eigenvalue weighted by atomic mass is 10.1. The lowest BCUT2D eigenvalue weighted by Gasteiger charge is -2.12. The zero-order valence-electron chi connectivity index (χ0n) is 15.5. The summed E-state index contributed by atoms with van der Waals surface area (Å²) < 4.78 is 2.10. The van der Waals surface area contributed by atoms with Gasteiger partial charge in [0.05, 0.1) is 24.1 Å². The summed E-state index contributed by atoms with van der Waals surface area (Å²) in [6, 6.07) is 23.3. The molecule has 0 unspecified atom stereocenters. The van der Waals surface area contributed by atoms with Crippen molar-refractivity contribution in [3.63, 3.8) is 0 Å². The number of nitrogens with one attached hydrogen (secondary N) is 1. The number of hydrogen-bond acceptors (Lipinski definition) is 2. The Hall–Kier alpha value is -3.11. The maximum absolute atomic E-state index is 12.5. The Labute approximate surface area is 168 Å². The van der Waals surface area contributed by atoms with Gasteiger partial charge in [0.2, 0.25) is 0 Å². The van der Waals surface area contributed by atoms with Gasteiger partial charge in [-0.3, -0.25) is 4.79 Å². The normalized spacial score (nSPS) is 10.9. The van der Waals surface area contributed by atoms with Gasteiger partial charge in [-0.2, -0.15) is 0 Å². The van der Waals surface area contributed by atoms with Gasteiger partial charge in [-0.15, -0.1) is 0 Å². The van der Waals surface area contributed by atoms with E-state index in [0.717, 1.165) is 33.0 Å². The zero-order valence-corrected chi connectivity index (χ0v) is 16.3. The van der Waals surface area contributed by atoms with Crippen LogP contribution in [0.2, 0.25) is 5.02 Å². The fourth-order valence-corrected chi connectivity index (χ4v) is 3.40. The maximum atomic E-state index is 12.5. The van der Waals surface area contributed by atoms with Gasteiger partial charge in [-0.05, 0) is 42.8 Å². The number of benzene rings is 3. The van der Waals surface area contributed by atoms with Crippen molar-refractivity contribution in [3.8, 4) is 0 Å². The number of rotatable bonds is 5. The smallest absolute Gasteiger partial charge is 0.251 e. The van der Waals surface area contributed by atoms with Crippen molar-refractivity contribution in [2.75, 3.05) is 0 Å². The van der Waals surface area contributed by atoms with Crippen LogP contribution in [-0.2, 0) is 13.1 Å². The van der Waals surface area contributed by atoms with Gasteiger partial charge in [-0.25, -0.2) is 4.98 Å². The molecular formula is C23H20ClN3O. The predicted molar refractivity (Wildman–Crippen MR) is 113 cm³/mol. The van der Waals surface area contributed by atoms with Gasteiger partial charge in [0, 0.05) is 10.6 Å².